The molecule has 1 saturated heterocycles. The van der Waals surface area contributed by atoms with Gasteiger partial charge in [0.1, 0.15) is 5.75 Å². The molecule has 0 spiro atoms. The van der Waals surface area contributed by atoms with Crippen LogP contribution in [0.25, 0.3) is 21.7 Å². The second kappa shape index (κ2) is 9.16. The minimum atomic E-state index is -3.79. The van der Waals surface area contributed by atoms with Crippen molar-refractivity contribution in [3.05, 3.63) is 82.6 Å². The molecule has 2 heterocycles. The van der Waals surface area contributed by atoms with Crippen molar-refractivity contribution in [2.24, 2.45) is 5.92 Å². The Labute approximate surface area is 202 Å². The van der Waals surface area contributed by atoms with E-state index in [1.54, 1.807) is 42.3 Å². The van der Waals surface area contributed by atoms with Crippen LogP contribution in [0, 0.1) is 5.92 Å². The van der Waals surface area contributed by atoms with Gasteiger partial charge in [0.25, 0.3) is 0 Å². The third-order valence-electron chi connectivity index (χ3n) is 6.47. The number of ether oxygens (including phenoxy) is 1. The van der Waals surface area contributed by atoms with Gasteiger partial charge in [-0.3, -0.25) is 9.59 Å². The number of H-pyrrole nitrogens is 1. The van der Waals surface area contributed by atoms with Crippen molar-refractivity contribution in [2.45, 2.75) is 17.9 Å². The normalized spacial score (nSPS) is 16.3. The molecule has 1 aliphatic heterocycles. The molecular weight excluding hydrogens is 466 g/mol. The van der Waals surface area contributed by atoms with Gasteiger partial charge < -0.3 is 14.6 Å². The van der Waals surface area contributed by atoms with Crippen molar-refractivity contribution in [1.82, 2.24) is 14.6 Å². The van der Waals surface area contributed by atoms with Crippen LogP contribution in [-0.2, 0) is 21.4 Å². The van der Waals surface area contributed by atoms with Gasteiger partial charge in [-0.2, -0.15) is 0 Å². The molecule has 0 radical (unpaired) electrons. The molecule has 180 valence electrons. The second-order valence-electron chi connectivity index (χ2n) is 8.67. The van der Waals surface area contributed by atoms with Crippen LogP contribution in [0.2, 0.25) is 0 Å². The number of nitrogens with one attached hydrogen (secondary N) is 2. The van der Waals surface area contributed by atoms with E-state index in [1.165, 1.54) is 6.07 Å². The predicted octanol–water partition coefficient (Wildman–Crippen LogP) is 3.02. The average Bonchev–Trinajstić information content (AvgIpc) is 3.21. The first kappa shape index (κ1) is 23.1. The highest BCUT2D eigenvalue weighted by Crippen LogP contribution is 2.26. The summed E-state index contributed by atoms with van der Waals surface area (Å²) in [7, 11) is -2.22. The number of benzene rings is 3. The number of amides is 1. The third-order valence-corrected chi connectivity index (χ3v) is 7.90. The number of fused-ring (bicyclic) bond motifs is 2. The fraction of sp³-hybridized carbons (Fsp3) is 0.231. The molecule has 1 amide bonds. The zero-order valence-electron chi connectivity index (χ0n) is 19.2. The van der Waals surface area contributed by atoms with Gasteiger partial charge in [0.15, 0.2) is 0 Å². The average molecular weight is 492 g/mol. The SMILES string of the molecule is COc1ccc2ccc(S(=O)(=O)NC[C@@H]3CCN(Cc4cccc5[nH]c(=O)ccc45)C3=O)cc2c1. The van der Waals surface area contributed by atoms with Crippen molar-refractivity contribution in [3.8, 4) is 5.75 Å². The van der Waals surface area contributed by atoms with Crippen molar-refractivity contribution in [1.29, 1.82) is 0 Å². The number of carbonyl (C=O) groups is 1. The van der Waals surface area contributed by atoms with Crippen LogP contribution in [0.5, 0.6) is 5.75 Å². The Kier molecular flexibility index (Phi) is 6.04. The number of hydrogen-bond donors (Lipinski definition) is 2. The molecular formula is C26H25N3O5S. The van der Waals surface area contributed by atoms with Gasteiger partial charge in [0.05, 0.1) is 17.9 Å². The largest absolute Gasteiger partial charge is 0.497 e. The van der Waals surface area contributed by atoms with Gasteiger partial charge in [-0.1, -0.05) is 24.3 Å². The Hall–Kier alpha value is -3.69. The lowest BCUT2D eigenvalue weighted by atomic mass is 10.1. The molecule has 3 aromatic carbocycles. The summed E-state index contributed by atoms with van der Waals surface area (Å²) in [4.78, 5) is 29.3. The summed E-state index contributed by atoms with van der Waals surface area (Å²) >= 11 is 0. The van der Waals surface area contributed by atoms with Crippen LogP contribution >= 0.6 is 0 Å². The molecule has 1 atom stereocenters. The minimum absolute atomic E-state index is 0.0384. The summed E-state index contributed by atoms with van der Waals surface area (Å²) in [5, 5.41) is 2.55. The number of rotatable bonds is 7. The molecule has 1 fully saturated rings. The van der Waals surface area contributed by atoms with Crippen LogP contribution in [0.3, 0.4) is 0 Å². The molecule has 0 bridgehead atoms. The Balaban J connectivity index is 1.27. The number of sulfonamides is 1. The second-order valence-corrected chi connectivity index (χ2v) is 10.4. The monoisotopic (exact) mass is 491 g/mol. The summed E-state index contributed by atoms with van der Waals surface area (Å²) in [6, 6.07) is 19.2. The number of nitrogens with zero attached hydrogens (tertiary/aromatic N) is 1. The van der Waals surface area contributed by atoms with E-state index in [0.29, 0.717) is 25.3 Å². The van der Waals surface area contributed by atoms with E-state index in [9.17, 15) is 18.0 Å². The quantitative estimate of drug-likeness (QED) is 0.413. The fourth-order valence-electron chi connectivity index (χ4n) is 4.54. The minimum Gasteiger partial charge on any atom is -0.497 e. The van der Waals surface area contributed by atoms with E-state index in [4.69, 9.17) is 4.74 Å². The van der Waals surface area contributed by atoms with Gasteiger partial charge in [-0.15, -0.1) is 0 Å². The van der Waals surface area contributed by atoms with Crippen molar-refractivity contribution in [3.63, 3.8) is 0 Å². The van der Waals surface area contributed by atoms with E-state index >= 15 is 0 Å². The fourth-order valence-corrected chi connectivity index (χ4v) is 5.65. The summed E-state index contributed by atoms with van der Waals surface area (Å²) in [5.74, 6) is 0.131. The number of aromatic amines is 1. The summed E-state index contributed by atoms with van der Waals surface area (Å²) in [5.41, 5.74) is 1.48. The lowest BCUT2D eigenvalue weighted by Crippen LogP contribution is -2.34. The molecule has 2 N–H and O–H groups in total. The highest BCUT2D eigenvalue weighted by atomic mass is 32.2. The van der Waals surface area contributed by atoms with Crippen molar-refractivity contribution >= 4 is 37.6 Å². The Morgan fingerprint density at radius 1 is 1.03 bits per heavy atom. The number of likely N-dealkylation sites (tertiary alicyclic amines) is 1. The maximum absolute atomic E-state index is 13.0. The molecule has 1 aromatic heterocycles. The first-order chi connectivity index (χ1) is 16.8. The van der Waals surface area contributed by atoms with Crippen LogP contribution in [-0.4, -0.2) is 44.4 Å². The molecule has 9 heteroatoms. The number of pyridine rings is 1. The Morgan fingerprint density at radius 2 is 1.86 bits per heavy atom. The van der Waals surface area contributed by atoms with E-state index in [1.807, 2.05) is 30.3 Å². The Bertz CT molecular complexity index is 1600. The topological polar surface area (TPSA) is 109 Å². The zero-order chi connectivity index (χ0) is 24.6. The van der Waals surface area contributed by atoms with Gasteiger partial charge >= 0.3 is 0 Å². The van der Waals surface area contributed by atoms with E-state index in [-0.39, 0.29) is 22.9 Å². The third kappa shape index (κ3) is 4.65. The van der Waals surface area contributed by atoms with Crippen LogP contribution < -0.4 is 15.0 Å². The van der Waals surface area contributed by atoms with Crippen molar-refractivity contribution < 1.29 is 17.9 Å². The summed E-state index contributed by atoms with van der Waals surface area (Å²) < 4.78 is 33.7. The van der Waals surface area contributed by atoms with Crippen molar-refractivity contribution in [2.75, 3.05) is 20.2 Å². The first-order valence-electron chi connectivity index (χ1n) is 11.3. The summed E-state index contributed by atoms with van der Waals surface area (Å²) in [6.45, 7) is 0.982. The zero-order valence-corrected chi connectivity index (χ0v) is 20.0. The molecule has 35 heavy (non-hydrogen) atoms. The lowest BCUT2D eigenvalue weighted by Gasteiger charge is -2.18. The van der Waals surface area contributed by atoms with Crippen LogP contribution in [0.15, 0.2) is 76.4 Å². The summed E-state index contributed by atoms with van der Waals surface area (Å²) in [6.07, 6.45) is 0.567. The smallest absolute Gasteiger partial charge is 0.248 e. The number of aromatic nitrogens is 1. The standard InChI is InChI=1S/C26H25N3O5S/c1-34-21-7-5-17-6-8-22(14-20(17)13-21)35(32,33)27-15-18-11-12-29(26(18)31)16-19-3-2-4-24-23(19)9-10-25(30)28-24/h2-10,13-14,18,27H,11-12,15-16H2,1H3,(H,28,30)/t18-/m0/s1. The van der Waals surface area contributed by atoms with Crippen LogP contribution in [0.1, 0.15) is 12.0 Å². The molecule has 0 aliphatic carbocycles. The highest BCUT2D eigenvalue weighted by Gasteiger charge is 2.32. The lowest BCUT2D eigenvalue weighted by molar-refractivity contribution is -0.131. The molecule has 4 aromatic rings. The Morgan fingerprint density at radius 3 is 2.69 bits per heavy atom. The maximum Gasteiger partial charge on any atom is 0.248 e. The van der Waals surface area contributed by atoms with E-state index < -0.39 is 15.9 Å². The predicted molar refractivity (Wildman–Crippen MR) is 134 cm³/mol. The van der Waals surface area contributed by atoms with Gasteiger partial charge in [0, 0.05) is 36.6 Å². The number of methoxy groups -OCH3 is 1. The van der Waals surface area contributed by atoms with E-state index in [2.05, 4.69) is 9.71 Å². The molecule has 1 aliphatic rings. The van der Waals surface area contributed by atoms with Crippen LogP contribution in [0.4, 0.5) is 0 Å². The molecule has 0 saturated carbocycles. The molecule has 0 unspecified atom stereocenters. The number of carbonyl (C=O) groups excluding carboxylic acids is 1. The maximum atomic E-state index is 13.0. The molecule has 5 rings (SSSR count). The molecule has 8 nitrogen and oxygen atoms in total. The number of hydrogen-bond acceptors (Lipinski definition) is 5. The van der Waals surface area contributed by atoms with E-state index in [0.717, 1.165) is 27.2 Å². The highest BCUT2D eigenvalue weighted by molar-refractivity contribution is 7.89. The van der Waals surface area contributed by atoms with Gasteiger partial charge in [-0.25, -0.2) is 13.1 Å². The van der Waals surface area contributed by atoms with Gasteiger partial charge in [-0.05, 0) is 59.2 Å². The van der Waals surface area contributed by atoms with Gasteiger partial charge in [0.2, 0.25) is 21.5 Å². The first-order valence-corrected chi connectivity index (χ1v) is 12.8.